The molecule has 2 aromatic rings. The molecule has 8 heteroatoms. The van der Waals surface area contributed by atoms with Crippen LogP contribution in [0.4, 0.5) is 13.2 Å². The van der Waals surface area contributed by atoms with Crippen LogP contribution in [0, 0.1) is 0 Å². The summed E-state index contributed by atoms with van der Waals surface area (Å²) < 4.78 is 42.0. The molecule has 0 bridgehead atoms. The van der Waals surface area contributed by atoms with Gasteiger partial charge in [0.15, 0.2) is 0 Å². The van der Waals surface area contributed by atoms with Gasteiger partial charge < -0.3 is 9.84 Å². The van der Waals surface area contributed by atoms with Gasteiger partial charge in [0.05, 0.1) is 12.1 Å². The Morgan fingerprint density at radius 3 is 2.52 bits per heavy atom. The standard InChI is InChI=1S/C15H16F3N3O2/c16-15(17,18)23-13-4-2-11(3-5-13)14(22)10-20-8-12(9-20)21-7-1-6-19-21/h1-7,12,14,22H,8-10H2. The molecule has 0 aliphatic carbocycles. The molecule has 3 rings (SSSR count). The molecule has 0 radical (unpaired) electrons. The lowest BCUT2D eigenvalue weighted by atomic mass is 10.0. The van der Waals surface area contributed by atoms with Gasteiger partial charge in [-0.25, -0.2) is 0 Å². The number of alkyl halides is 3. The number of ether oxygens (including phenoxy) is 1. The Morgan fingerprint density at radius 2 is 1.96 bits per heavy atom. The maximum atomic E-state index is 12.1. The van der Waals surface area contributed by atoms with Crippen LogP contribution >= 0.6 is 0 Å². The number of benzene rings is 1. The van der Waals surface area contributed by atoms with Crippen molar-refractivity contribution >= 4 is 0 Å². The van der Waals surface area contributed by atoms with Crippen LogP contribution in [0.5, 0.6) is 5.75 Å². The van der Waals surface area contributed by atoms with E-state index in [9.17, 15) is 18.3 Å². The third-order valence-corrected chi connectivity index (χ3v) is 3.77. The maximum Gasteiger partial charge on any atom is 0.573 e. The van der Waals surface area contributed by atoms with E-state index in [4.69, 9.17) is 0 Å². The third kappa shape index (κ3) is 4.02. The van der Waals surface area contributed by atoms with E-state index in [-0.39, 0.29) is 5.75 Å². The molecule has 1 aromatic heterocycles. The molecule has 0 amide bonds. The van der Waals surface area contributed by atoms with Crippen LogP contribution in [0.1, 0.15) is 17.7 Å². The monoisotopic (exact) mass is 327 g/mol. The first-order valence-electron chi connectivity index (χ1n) is 7.16. The van der Waals surface area contributed by atoms with Gasteiger partial charge in [0.2, 0.25) is 0 Å². The van der Waals surface area contributed by atoms with Crippen molar-refractivity contribution in [2.75, 3.05) is 19.6 Å². The van der Waals surface area contributed by atoms with E-state index in [2.05, 4.69) is 14.7 Å². The topological polar surface area (TPSA) is 50.5 Å². The van der Waals surface area contributed by atoms with Gasteiger partial charge in [-0.1, -0.05) is 12.1 Å². The quantitative estimate of drug-likeness (QED) is 0.916. The van der Waals surface area contributed by atoms with Crippen LogP contribution < -0.4 is 4.74 Å². The van der Waals surface area contributed by atoms with E-state index >= 15 is 0 Å². The highest BCUT2D eigenvalue weighted by molar-refractivity contribution is 5.28. The minimum absolute atomic E-state index is 0.295. The zero-order valence-corrected chi connectivity index (χ0v) is 12.1. The summed E-state index contributed by atoms with van der Waals surface area (Å²) in [5.74, 6) is -0.295. The van der Waals surface area contributed by atoms with Crippen molar-refractivity contribution in [1.29, 1.82) is 0 Å². The summed E-state index contributed by atoms with van der Waals surface area (Å²) in [6, 6.07) is 7.46. The lowest BCUT2D eigenvalue weighted by Gasteiger charge is -2.40. The Labute approximate surface area is 130 Å². The highest BCUT2D eigenvalue weighted by atomic mass is 19.4. The molecule has 1 fully saturated rings. The van der Waals surface area contributed by atoms with Crippen LogP contribution in [-0.2, 0) is 0 Å². The number of likely N-dealkylation sites (tertiary alicyclic amines) is 1. The van der Waals surface area contributed by atoms with E-state index < -0.39 is 12.5 Å². The Balaban J connectivity index is 1.50. The second kappa shape index (κ2) is 6.21. The summed E-state index contributed by atoms with van der Waals surface area (Å²) >= 11 is 0. The molecule has 1 aromatic carbocycles. The highest BCUT2D eigenvalue weighted by Crippen LogP contribution is 2.26. The largest absolute Gasteiger partial charge is 0.573 e. The summed E-state index contributed by atoms with van der Waals surface area (Å²) in [6.07, 6.45) is -1.84. The molecule has 1 atom stereocenters. The Hall–Kier alpha value is -2.06. The summed E-state index contributed by atoms with van der Waals surface area (Å²) in [5.41, 5.74) is 0.557. The average molecular weight is 327 g/mol. The van der Waals surface area contributed by atoms with Crippen LogP contribution in [0.25, 0.3) is 0 Å². The van der Waals surface area contributed by atoms with Crippen LogP contribution in [0.3, 0.4) is 0 Å². The second-order valence-corrected chi connectivity index (χ2v) is 5.49. The Kier molecular flexibility index (Phi) is 4.27. The number of halogens is 3. The second-order valence-electron chi connectivity index (χ2n) is 5.49. The third-order valence-electron chi connectivity index (χ3n) is 3.77. The van der Waals surface area contributed by atoms with Crippen molar-refractivity contribution in [2.24, 2.45) is 0 Å². The zero-order valence-electron chi connectivity index (χ0n) is 12.1. The molecule has 124 valence electrons. The van der Waals surface area contributed by atoms with Gasteiger partial charge in [0, 0.05) is 32.0 Å². The number of rotatable bonds is 5. The molecule has 0 spiro atoms. The molecule has 1 unspecified atom stereocenters. The first-order chi connectivity index (χ1) is 10.9. The zero-order chi connectivity index (χ0) is 16.4. The minimum atomic E-state index is -4.71. The molecule has 0 saturated carbocycles. The molecular formula is C15H16F3N3O2. The molecule has 2 heterocycles. The predicted octanol–water partition coefficient (Wildman–Crippen LogP) is 2.37. The Bertz CT molecular complexity index is 622. The normalized spacial score (nSPS) is 17.7. The fourth-order valence-corrected chi connectivity index (χ4v) is 2.60. The summed E-state index contributed by atoms with van der Waals surface area (Å²) in [4.78, 5) is 2.07. The highest BCUT2D eigenvalue weighted by Gasteiger charge is 2.32. The van der Waals surface area contributed by atoms with Gasteiger partial charge >= 0.3 is 6.36 Å². The molecule has 1 aliphatic rings. The molecular weight excluding hydrogens is 311 g/mol. The molecule has 1 aliphatic heterocycles. The molecule has 23 heavy (non-hydrogen) atoms. The van der Waals surface area contributed by atoms with E-state index in [0.29, 0.717) is 18.2 Å². The van der Waals surface area contributed by atoms with Gasteiger partial charge in [0.25, 0.3) is 0 Å². The number of hydrogen-bond donors (Lipinski definition) is 1. The predicted molar refractivity (Wildman–Crippen MR) is 75.8 cm³/mol. The Morgan fingerprint density at radius 1 is 1.26 bits per heavy atom. The number of aliphatic hydroxyl groups is 1. The van der Waals surface area contributed by atoms with Crippen molar-refractivity contribution in [3.05, 3.63) is 48.3 Å². The fraction of sp³-hybridized carbons (Fsp3) is 0.400. The molecule has 5 nitrogen and oxygen atoms in total. The number of hydrogen-bond acceptors (Lipinski definition) is 4. The molecule has 1 saturated heterocycles. The average Bonchev–Trinajstić information content (AvgIpc) is 2.94. The number of β-amino-alcohol motifs (C(OH)–C–C–N with tert-alkyl or cyclic N) is 1. The van der Waals surface area contributed by atoms with E-state index in [1.165, 1.54) is 24.3 Å². The lowest BCUT2D eigenvalue weighted by molar-refractivity contribution is -0.274. The number of aromatic nitrogens is 2. The maximum absolute atomic E-state index is 12.1. The van der Waals surface area contributed by atoms with Crippen molar-refractivity contribution in [3.63, 3.8) is 0 Å². The summed E-state index contributed by atoms with van der Waals surface area (Å²) in [5, 5.41) is 14.3. The first-order valence-corrected chi connectivity index (χ1v) is 7.16. The smallest absolute Gasteiger partial charge is 0.406 e. The van der Waals surface area contributed by atoms with E-state index in [1.807, 2.05) is 16.9 Å². The van der Waals surface area contributed by atoms with Crippen molar-refractivity contribution in [3.8, 4) is 5.75 Å². The lowest BCUT2D eigenvalue weighted by Crippen LogP contribution is -2.49. The first kappa shape index (κ1) is 15.8. The van der Waals surface area contributed by atoms with Crippen LogP contribution in [-0.4, -0.2) is 45.8 Å². The van der Waals surface area contributed by atoms with Crippen LogP contribution in [0.2, 0.25) is 0 Å². The minimum Gasteiger partial charge on any atom is -0.406 e. The van der Waals surface area contributed by atoms with Crippen molar-refractivity contribution in [2.45, 2.75) is 18.5 Å². The summed E-state index contributed by atoms with van der Waals surface area (Å²) in [6.45, 7) is 2.00. The van der Waals surface area contributed by atoms with Crippen molar-refractivity contribution in [1.82, 2.24) is 14.7 Å². The van der Waals surface area contributed by atoms with E-state index in [1.54, 1.807) is 6.20 Å². The van der Waals surface area contributed by atoms with Gasteiger partial charge in [-0.15, -0.1) is 13.2 Å². The summed E-state index contributed by atoms with van der Waals surface area (Å²) in [7, 11) is 0. The van der Waals surface area contributed by atoms with Gasteiger partial charge in [0.1, 0.15) is 5.75 Å². The molecule has 1 N–H and O–H groups in total. The van der Waals surface area contributed by atoms with Gasteiger partial charge in [-0.2, -0.15) is 5.10 Å². The number of aliphatic hydroxyl groups excluding tert-OH is 1. The number of nitrogens with zero attached hydrogens (tertiary/aromatic N) is 3. The van der Waals surface area contributed by atoms with E-state index in [0.717, 1.165) is 13.1 Å². The van der Waals surface area contributed by atoms with Gasteiger partial charge in [-0.3, -0.25) is 9.58 Å². The fourth-order valence-electron chi connectivity index (χ4n) is 2.60. The van der Waals surface area contributed by atoms with Gasteiger partial charge in [-0.05, 0) is 23.8 Å². The SMILES string of the molecule is OC(CN1CC(n2cccn2)C1)c1ccc(OC(F)(F)F)cc1. The van der Waals surface area contributed by atoms with Crippen molar-refractivity contribution < 1.29 is 23.0 Å². The van der Waals surface area contributed by atoms with Crippen LogP contribution in [0.15, 0.2) is 42.7 Å².